The van der Waals surface area contributed by atoms with Crippen LogP contribution in [0.1, 0.15) is 18.4 Å². The lowest BCUT2D eigenvalue weighted by Crippen LogP contribution is -2.32. The van der Waals surface area contributed by atoms with E-state index < -0.39 is 0 Å². The van der Waals surface area contributed by atoms with Gasteiger partial charge in [-0.15, -0.1) is 0 Å². The molecule has 1 heterocycles. The number of carbonyl (C=O) groups excluding carboxylic acids is 2. The summed E-state index contributed by atoms with van der Waals surface area (Å²) in [6.45, 7) is 0.982. The summed E-state index contributed by atoms with van der Waals surface area (Å²) >= 11 is 12.2. The molecule has 0 atom stereocenters. The molecule has 3 rings (SSSR count). The second-order valence-corrected chi connectivity index (χ2v) is 6.95. The summed E-state index contributed by atoms with van der Waals surface area (Å²) in [4.78, 5) is 27.9. The Kier molecular flexibility index (Phi) is 5.69. The van der Waals surface area contributed by atoms with Crippen LogP contribution in [-0.2, 0) is 11.3 Å². The Morgan fingerprint density at radius 2 is 1.96 bits per heavy atom. The van der Waals surface area contributed by atoms with Gasteiger partial charge >= 0.3 is 6.03 Å². The molecule has 1 aliphatic rings. The molecule has 5 nitrogen and oxygen atoms in total. The maximum atomic E-state index is 12.6. The van der Waals surface area contributed by atoms with E-state index in [-0.39, 0.29) is 11.9 Å². The van der Waals surface area contributed by atoms with E-state index in [0.717, 1.165) is 17.7 Å². The minimum Gasteiger partial charge on any atom is -0.323 e. The molecule has 136 valence electrons. The van der Waals surface area contributed by atoms with Gasteiger partial charge in [-0.3, -0.25) is 4.79 Å². The highest BCUT2D eigenvalue weighted by Crippen LogP contribution is 2.30. The summed E-state index contributed by atoms with van der Waals surface area (Å²) in [5, 5.41) is 3.78. The number of para-hydroxylation sites is 2. The molecule has 1 fully saturated rings. The van der Waals surface area contributed by atoms with Gasteiger partial charge in [-0.2, -0.15) is 0 Å². The number of benzene rings is 2. The van der Waals surface area contributed by atoms with Gasteiger partial charge in [-0.1, -0.05) is 47.5 Å². The first-order valence-electron chi connectivity index (χ1n) is 8.32. The minimum absolute atomic E-state index is 0.0748. The van der Waals surface area contributed by atoms with Crippen LogP contribution < -0.4 is 10.2 Å². The predicted molar refractivity (Wildman–Crippen MR) is 105 cm³/mol. The standard InChI is InChI=1S/C19H19Cl2N3O2/c1-23(12-13-6-4-7-14(20)18(13)21)19(26)22-15-8-2-3-9-16(15)24-11-5-10-17(24)25/h2-4,6-9H,5,10-12H2,1H3,(H,22,26). The lowest BCUT2D eigenvalue weighted by molar-refractivity contribution is -0.117. The summed E-state index contributed by atoms with van der Waals surface area (Å²) in [6, 6.07) is 12.3. The van der Waals surface area contributed by atoms with Gasteiger partial charge < -0.3 is 15.1 Å². The molecular formula is C19H19Cl2N3O2. The Morgan fingerprint density at radius 3 is 2.69 bits per heavy atom. The zero-order chi connectivity index (χ0) is 18.7. The fourth-order valence-corrected chi connectivity index (χ4v) is 3.31. The van der Waals surface area contributed by atoms with Gasteiger partial charge in [0, 0.05) is 26.6 Å². The van der Waals surface area contributed by atoms with Gasteiger partial charge in [0.2, 0.25) is 5.91 Å². The smallest absolute Gasteiger partial charge is 0.321 e. The van der Waals surface area contributed by atoms with Crippen molar-refractivity contribution in [3.8, 4) is 0 Å². The van der Waals surface area contributed by atoms with Crippen molar-refractivity contribution in [1.82, 2.24) is 4.90 Å². The van der Waals surface area contributed by atoms with Crippen molar-refractivity contribution < 1.29 is 9.59 Å². The molecule has 1 N–H and O–H groups in total. The molecule has 0 unspecified atom stereocenters. The maximum Gasteiger partial charge on any atom is 0.321 e. The first-order chi connectivity index (χ1) is 12.5. The van der Waals surface area contributed by atoms with Crippen molar-refractivity contribution in [3.05, 3.63) is 58.1 Å². The van der Waals surface area contributed by atoms with Crippen molar-refractivity contribution in [3.63, 3.8) is 0 Å². The molecule has 1 saturated heterocycles. The summed E-state index contributed by atoms with van der Waals surface area (Å²) in [5.74, 6) is 0.0748. The Labute approximate surface area is 162 Å². The molecule has 2 aromatic carbocycles. The van der Waals surface area contributed by atoms with Crippen molar-refractivity contribution in [2.24, 2.45) is 0 Å². The van der Waals surface area contributed by atoms with Gasteiger partial charge in [0.15, 0.2) is 0 Å². The number of rotatable bonds is 4. The van der Waals surface area contributed by atoms with E-state index >= 15 is 0 Å². The maximum absolute atomic E-state index is 12.6. The van der Waals surface area contributed by atoms with Crippen LogP contribution in [0.25, 0.3) is 0 Å². The third kappa shape index (κ3) is 3.94. The lowest BCUT2D eigenvalue weighted by atomic mass is 10.2. The minimum atomic E-state index is -0.292. The van der Waals surface area contributed by atoms with Crippen molar-refractivity contribution in [2.75, 3.05) is 23.8 Å². The van der Waals surface area contributed by atoms with Crippen LogP contribution >= 0.6 is 23.2 Å². The van der Waals surface area contributed by atoms with Crippen LogP contribution in [0.5, 0.6) is 0 Å². The molecule has 1 aliphatic heterocycles. The van der Waals surface area contributed by atoms with Gasteiger partial charge in [0.25, 0.3) is 0 Å². The lowest BCUT2D eigenvalue weighted by Gasteiger charge is -2.23. The fraction of sp³-hybridized carbons (Fsp3) is 0.263. The highest BCUT2D eigenvalue weighted by atomic mass is 35.5. The van der Waals surface area contributed by atoms with E-state index in [1.807, 2.05) is 24.3 Å². The number of hydrogen-bond donors (Lipinski definition) is 1. The van der Waals surface area contributed by atoms with Crippen molar-refractivity contribution in [1.29, 1.82) is 0 Å². The van der Waals surface area contributed by atoms with E-state index in [1.165, 1.54) is 4.90 Å². The number of amides is 3. The molecule has 0 aromatic heterocycles. The number of carbonyl (C=O) groups is 2. The van der Waals surface area contributed by atoms with Crippen LogP contribution in [0.15, 0.2) is 42.5 Å². The third-order valence-corrected chi connectivity index (χ3v) is 5.15. The Bertz CT molecular complexity index is 841. The fourth-order valence-electron chi connectivity index (χ4n) is 2.93. The molecule has 0 radical (unpaired) electrons. The number of hydrogen-bond acceptors (Lipinski definition) is 2. The Balaban J connectivity index is 1.74. The van der Waals surface area contributed by atoms with Crippen LogP contribution in [0.2, 0.25) is 10.0 Å². The molecule has 0 spiro atoms. The van der Waals surface area contributed by atoms with Crippen molar-refractivity contribution in [2.45, 2.75) is 19.4 Å². The van der Waals surface area contributed by atoms with E-state index in [1.54, 1.807) is 30.1 Å². The average Bonchev–Trinajstić information content (AvgIpc) is 3.05. The zero-order valence-corrected chi connectivity index (χ0v) is 15.8. The molecule has 3 amide bonds. The summed E-state index contributed by atoms with van der Waals surface area (Å²) < 4.78 is 0. The number of urea groups is 1. The van der Waals surface area contributed by atoms with Crippen LogP contribution in [0.4, 0.5) is 16.2 Å². The first-order valence-corrected chi connectivity index (χ1v) is 9.07. The first kappa shape index (κ1) is 18.5. The number of nitrogens with zero attached hydrogens (tertiary/aromatic N) is 2. The quantitative estimate of drug-likeness (QED) is 0.814. The van der Waals surface area contributed by atoms with Crippen LogP contribution in [0, 0.1) is 0 Å². The average molecular weight is 392 g/mol. The molecule has 26 heavy (non-hydrogen) atoms. The summed E-state index contributed by atoms with van der Waals surface area (Å²) in [5.41, 5.74) is 2.09. The van der Waals surface area contributed by atoms with Crippen molar-refractivity contribution >= 4 is 46.5 Å². The molecule has 2 aromatic rings. The monoisotopic (exact) mass is 391 g/mol. The molecule has 7 heteroatoms. The Morgan fingerprint density at radius 1 is 1.19 bits per heavy atom. The van der Waals surface area contributed by atoms with Crippen LogP contribution in [-0.4, -0.2) is 30.4 Å². The number of halogens is 2. The topological polar surface area (TPSA) is 52.7 Å². The normalized spacial score (nSPS) is 13.8. The number of anilines is 2. The predicted octanol–water partition coefficient (Wildman–Crippen LogP) is 4.78. The van der Waals surface area contributed by atoms with Gasteiger partial charge in [-0.05, 0) is 30.2 Å². The number of nitrogens with one attached hydrogen (secondary N) is 1. The van der Waals surface area contributed by atoms with E-state index in [0.29, 0.717) is 35.2 Å². The van der Waals surface area contributed by atoms with Gasteiger partial charge in [0.1, 0.15) is 0 Å². The molecule has 0 aliphatic carbocycles. The highest BCUT2D eigenvalue weighted by molar-refractivity contribution is 6.42. The van der Waals surface area contributed by atoms with E-state index in [2.05, 4.69) is 5.32 Å². The molecule has 0 saturated carbocycles. The summed E-state index contributed by atoms with van der Waals surface area (Å²) in [7, 11) is 1.68. The van der Waals surface area contributed by atoms with E-state index in [4.69, 9.17) is 23.2 Å². The van der Waals surface area contributed by atoms with E-state index in [9.17, 15) is 9.59 Å². The molecule has 0 bridgehead atoms. The summed E-state index contributed by atoms with van der Waals surface area (Å²) in [6.07, 6.45) is 1.36. The second kappa shape index (κ2) is 7.98. The van der Waals surface area contributed by atoms with Gasteiger partial charge in [-0.25, -0.2) is 4.79 Å². The highest BCUT2D eigenvalue weighted by Gasteiger charge is 2.24. The molecular weight excluding hydrogens is 373 g/mol. The zero-order valence-electron chi connectivity index (χ0n) is 14.3. The third-order valence-electron chi connectivity index (χ3n) is 4.30. The second-order valence-electron chi connectivity index (χ2n) is 6.17. The van der Waals surface area contributed by atoms with Crippen LogP contribution in [0.3, 0.4) is 0 Å². The van der Waals surface area contributed by atoms with Gasteiger partial charge in [0.05, 0.1) is 21.4 Å². The largest absolute Gasteiger partial charge is 0.323 e. The Hall–Kier alpha value is -2.24. The SMILES string of the molecule is CN(Cc1cccc(Cl)c1Cl)C(=O)Nc1ccccc1N1CCCC1=O.